The molecular weight excluding hydrogens is 182 g/mol. The Bertz CT molecular complexity index is 557. The van der Waals surface area contributed by atoms with Crippen LogP contribution in [-0.4, -0.2) is 16.1 Å². The van der Waals surface area contributed by atoms with E-state index in [9.17, 15) is 9.59 Å². The van der Waals surface area contributed by atoms with Crippen molar-refractivity contribution >= 4 is 16.9 Å². The first-order chi connectivity index (χ1) is 6.68. The second kappa shape index (κ2) is 2.99. The molecule has 70 valence electrons. The smallest absolute Gasteiger partial charge is 0.336 e. The summed E-state index contributed by atoms with van der Waals surface area (Å²) in [5.41, 5.74) is 0.169. The maximum atomic E-state index is 11.1. The number of H-pyrrole nitrogens is 1. The fourth-order valence-corrected chi connectivity index (χ4v) is 1.38. The predicted molar refractivity (Wildman–Crippen MR) is 51.5 cm³/mol. The normalized spacial score (nSPS) is 10.3. The summed E-state index contributed by atoms with van der Waals surface area (Å²) >= 11 is 0. The van der Waals surface area contributed by atoms with E-state index in [0.717, 1.165) is 6.07 Å². The van der Waals surface area contributed by atoms with Gasteiger partial charge in [0.25, 0.3) is 0 Å². The van der Waals surface area contributed by atoms with Gasteiger partial charge in [0, 0.05) is 17.0 Å². The molecule has 0 spiro atoms. The summed E-state index contributed by atoms with van der Waals surface area (Å²) in [4.78, 5) is 24.5. The van der Waals surface area contributed by atoms with Crippen LogP contribution in [0.4, 0.5) is 0 Å². The molecule has 1 aromatic carbocycles. The Morgan fingerprint density at radius 1 is 1.29 bits per heavy atom. The summed E-state index contributed by atoms with van der Waals surface area (Å²) in [6.07, 6.45) is 0. The lowest BCUT2D eigenvalue weighted by atomic mass is 10.1. The standard InChI is InChI=1S/C10H7NO3/c12-9-5-7(10(13)14)6-3-1-2-4-8(6)11-9/h1-5H,(H,11,12)(H,13,14). The van der Waals surface area contributed by atoms with Crippen LogP contribution in [-0.2, 0) is 0 Å². The highest BCUT2D eigenvalue weighted by Gasteiger charge is 2.08. The van der Waals surface area contributed by atoms with Crippen LogP contribution in [0.25, 0.3) is 10.9 Å². The van der Waals surface area contributed by atoms with Gasteiger partial charge in [0.05, 0.1) is 5.56 Å². The average molecular weight is 189 g/mol. The number of aromatic amines is 1. The van der Waals surface area contributed by atoms with Crippen LogP contribution in [0.3, 0.4) is 0 Å². The van der Waals surface area contributed by atoms with Crippen LogP contribution >= 0.6 is 0 Å². The Kier molecular flexibility index (Phi) is 1.81. The number of aromatic nitrogens is 1. The molecular formula is C10H7NO3. The molecule has 0 saturated carbocycles. The van der Waals surface area contributed by atoms with Gasteiger partial charge in [-0.1, -0.05) is 18.2 Å². The average Bonchev–Trinajstić information content (AvgIpc) is 2.16. The van der Waals surface area contributed by atoms with Crippen molar-refractivity contribution in [2.24, 2.45) is 0 Å². The van der Waals surface area contributed by atoms with E-state index in [4.69, 9.17) is 5.11 Å². The zero-order valence-corrected chi connectivity index (χ0v) is 7.15. The third-order valence-corrected chi connectivity index (χ3v) is 1.98. The quantitative estimate of drug-likeness (QED) is 0.708. The van der Waals surface area contributed by atoms with Gasteiger partial charge in [0.1, 0.15) is 0 Å². The summed E-state index contributed by atoms with van der Waals surface area (Å²) in [7, 11) is 0. The van der Waals surface area contributed by atoms with Crippen LogP contribution in [0.2, 0.25) is 0 Å². The lowest BCUT2D eigenvalue weighted by molar-refractivity contribution is 0.0699. The third-order valence-electron chi connectivity index (χ3n) is 1.98. The first kappa shape index (κ1) is 8.50. The van der Waals surface area contributed by atoms with Gasteiger partial charge in [-0.2, -0.15) is 0 Å². The molecule has 2 N–H and O–H groups in total. The summed E-state index contributed by atoms with van der Waals surface area (Å²) in [6.45, 7) is 0. The molecule has 14 heavy (non-hydrogen) atoms. The van der Waals surface area contributed by atoms with E-state index in [2.05, 4.69) is 4.98 Å². The Balaban J connectivity index is 2.94. The van der Waals surface area contributed by atoms with Crippen molar-refractivity contribution in [3.05, 3.63) is 46.2 Å². The number of hydrogen-bond donors (Lipinski definition) is 2. The van der Waals surface area contributed by atoms with Gasteiger partial charge in [-0.05, 0) is 6.07 Å². The molecule has 0 aliphatic heterocycles. The van der Waals surface area contributed by atoms with Crippen molar-refractivity contribution in [2.75, 3.05) is 0 Å². The van der Waals surface area contributed by atoms with Gasteiger partial charge < -0.3 is 10.1 Å². The van der Waals surface area contributed by atoms with E-state index < -0.39 is 11.5 Å². The number of para-hydroxylation sites is 1. The molecule has 4 nitrogen and oxygen atoms in total. The van der Waals surface area contributed by atoms with Crippen LogP contribution in [0.1, 0.15) is 10.4 Å². The van der Waals surface area contributed by atoms with Crippen molar-refractivity contribution in [2.45, 2.75) is 0 Å². The molecule has 0 fully saturated rings. The minimum absolute atomic E-state index is 0.0318. The molecule has 2 aromatic rings. The number of benzene rings is 1. The number of nitrogens with one attached hydrogen (secondary N) is 1. The lowest BCUT2D eigenvalue weighted by Gasteiger charge is -2.00. The van der Waals surface area contributed by atoms with Gasteiger partial charge in [-0.3, -0.25) is 4.79 Å². The van der Waals surface area contributed by atoms with Crippen molar-refractivity contribution in [1.29, 1.82) is 0 Å². The van der Waals surface area contributed by atoms with Gasteiger partial charge in [-0.25, -0.2) is 4.79 Å². The zero-order chi connectivity index (χ0) is 10.1. The maximum absolute atomic E-state index is 11.1. The summed E-state index contributed by atoms with van der Waals surface area (Å²) in [5, 5.41) is 9.40. The molecule has 0 aliphatic carbocycles. The van der Waals surface area contributed by atoms with Crippen molar-refractivity contribution in [3.8, 4) is 0 Å². The SMILES string of the molecule is O=C(O)c1cc(=O)[nH]c2ccccc12. The second-order valence-electron chi connectivity index (χ2n) is 2.90. The Labute approximate surface area is 78.8 Å². The number of rotatable bonds is 1. The van der Waals surface area contributed by atoms with Crippen LogP contribution in [0, 0.1) is 0 Å². The van der Waals surface area contributed by atoms with E-state index in [0.29, 0.717) is 10.9 Å². The van der Waals surface area contributed by atoms with E-state index in [-0.39, 0.29) is 5.56 Å². The highest BCUT2D eigenvalue weighted by molar-refractivity contribution is 6.02. The zero-order valence-electron chi connectivity index (χ0n) is 7.15. The fraction of sp³-hybridized carbons (Fsp3) is 0. The van der Waals surface area contributed by atoms with Gasteiger partial charge in [0.2, 0.25) is 5.56 Å². The molecule has 0 radical (unpaired) electrons. The van der Waals surface area contributed by atoms with E-state index in [1.807, 2.05) is 0 Å². The number of carboxylic acid groups (broad SMARTS) is 1. The molecule has 2 rings (SSSR count). The maximum Gasteiger partial charge on any atom is 0.336 e. The first-order valence-corrected chi connectivity index (χ1v) is 4.04. The summed E-state index contributed by atoms with van der Waals surface area (Å²) in [5.74, 6) is -1.09. The number of carbonyl (C=O) groups is 1. The van der Waals surface area contributed by atoms with Crippen LogP contribution in [0.5, 0.6) is 0 Å². The topological polar surface area (TPSA) is 70.2 Å². The minimum atomic E-state index is -1.09. The predicted octanol–water partition coefficient (Wildman–Crippen LogP) is 1.23. The molecule has 0 bridgehead atoms. The van der Waals surface area contributed by atoms with Gasteiger partial charge in [0.15, 0.2) is 0 Å². The number of carboxylic acids is 1. The van der Waals surface area contributed by atoms with E-state index in [1.54, 1.807) is 24.3 Å². The Morgan fingerprint density at radius 3 is 2.71 bits per heavy atom. The lowest BCUT2D eigenvalue weighted by Crippen LogP contribution is -2.09. The molecule has 0 saturated heterocycles. The monoisotopic (exact) mass is 189 g/mol. The molecule has 0 unspecified atom stereocenters. The van der Waals surface area contributed by atoms with E-state index >= 15 is 0 Å². The highest BCUT2D eigenvalue weighted by atomic mass is 16.4. The number of aromatic carboxylic acids is 1. The summed E-state index contributed by atoms with van der Waals surface area (Å²) in [6, 6.07) is 7.89. The minimum Gasteiger partial charge on any atom is -0.478 e. The first-order valence-electron chi connectivity index (χ1n) is 4.04. The van der Waals surface area contributed by atoms with Gasteiger partial charge >= 0.3 is 5.97 Å². The second-order valence-corrected chi connectivity index (χ2v) is 2.90. The van der Waals surface area contributed by atoms with Crippen molar-refractivity contribution in [3.63, 3.8) is 0 Å². The molecule has 0 aliphatic rings. The number of pyridine rings is 1. The van der Waals surface area contributed by atoms with Crippen molar-refractivity contribution in [1.82, 2.24) is 4.98 Å². The highest BCUT2D eigenvalue weighted by Crippen LogP contribution is 2.13. The molecule has 1 aromatic heterocycles. The van der Waals surface area contributed by atoms with E-state index in [1.165, 1.54) is 0 Å². The molecule has 0 atom stereocenters. The number of fused-ring (bicyclic) bond motifs is 1. The van der Waals surface area contributed by atoms with Crippen LogP contribution in [0.15, 0.2) is 35.1 Å². The molecule has 4 heteroatoms. The van der Waals surface area contributed by atoms with Gasteiger partial charge in [-0.15, -0.1) is 0 Å². The molecule has 1 heterocycles. The Morgan fingerprint density at radius 2 is 2.00 bits per heavy atom. The Hall–Kier alpha value is -2.10. The summed E-state index contributed by atoms with van der Waals surface area (Å²) < 4.78 is 0. The largest absolute Gasteiger partial charge is 0.478 e. The third kappa shape index (κ3) is 1.26. The fourth-order valence-electron chi connectivity index (χ4n) is 1.38. The van der Waals surface area contributed by atoms with Crippen molar-refractivity contribution < 1.29 is 9.90 Å². The molecule has 0 amide bonds. The number of hydrogen-bond acceptors (Lipinski definition) is 2. The van der Waals surface area contributed by atoms with Crippen LogP contribution < -0.4 is 5.56 Å².